The van der Waals surface area contributed by atoms with Crippen LogP contribution in [0.1, 0.15) is 39.9 Å². The van der Waals surface area contributed by atoms with E-state index in [9.17, 15) is 4.79 Å². The van der Waals surface area contributed by atoms with Crippen LogP contribution in [0.2, 0.25) is 0 Å². The monoisotopic (exact) mass is 346 g/mol. The van der Waals surface area contributed by atoms with E-state index in [-0.39, 0.29) is 0 Å². The van der Waals surface area contributed by atoms with Gasteiger partial charge in [-0.05, 0) is 50.5 Å². The Morgan fingerprint density at radius 1 is 1.35 bits per heavy atom. The minimum absolute atomic E-state index is 0.438. The molecule has 0 saturated heterocycles. The van der Waals surface area contributed by atoms with Crippen LogP contribution in [0, 0.1) is 25.2 Å². The molecule has 0 bridgehead atoms. The van der Waals surface area contributed by atoms with Crippen LogP contribution in [-0.2, 0) is 0 Å². The molecule has 0 unspecified atom stereocenters. The maximum absolute atomic E-state index is 11.3. The van der Waals surface area contributed by atoms with E-state index in [0.717, 1.165) is 41.8 Å². The summed E-state index contributed by atoms with van der Waals surface area (Å²) in [6.45, 7) is 3.91. The number of rotatable bonds is 5. The minimum Gasteiger partial charge on any atom is -0.367 e. The molecule has 3 aromatic rings. The molecule has 1 fully saturated rings. The number of nitriles is 1. The summed E-state index contributed by atoms with van der Waals surface area (Å²) in [6.07, 6.45) is 4.55. The Labute approximate surface area is 150 Å². The molecule has 0 radical (unpaired) electrons. The SMILES string of the molecule is Cc1cc(C#N)ccc1Nc1nc2c(C=O)cnn2c(NC2CC2)c1C. The molecular formula is C19H18N6O. The van der Waals surface area contributed by atoms with Crippen LogP contribution in [0.5, 0.6) is 0 Å². The Bertz CT molecular complexity index is 1060. The summed E-state index contributed by atoms with van der Waals surface area (Å²) in [4.78, 5) is 16.0. The van der Waals surface area contributed by atoms with E-state index >= 15 is 0 Å². The average molecular weight is 346 g/mol. The van der Waals surface area contributed by atoms with Gasteiger partial charge in [0, 0.05) is 17.3 Å². The van der Waals surface area contributed by atoms with Crippen molar-refractivity contribution in [2.45, 2.75) is 32.7 Å². The zero-order valence-corrected chi connectivity index (χ0v) is 14.6. The number of fused-ring (bicyclic) bond motifs is 1. The predicted molar refractivity (Wildman–Crippen MR) is 98.9 cm³/mol. The van der Waals surface area contributed by atoms with Crippen molar-refractivity contribution < 1.29 is 4.79 Å². The maximum atomic E-state index is 11.3. The average Bonchev–Trinajstić information content (AvgIpc) is 3.37. The molecule has 0 amide bonds. The Hall–Kier alpha value is -3.40. The highest BCUT2D eigenvalue weighted by atomic mass is 16.1. The fourth-order valence-electron chi connectivity index (χ4n) is 2.89. The third-order valence-corrected chi connectivity index (χ3v) is 4.56. The van der Waals surface area contributed by atoms with E-state index in [1.165, 1.54) is 6.20 Å². The summed E-state index contributed by atoms with van der Waals surface area (Å²) in [5, 5.41) is 20.2. The van der Waals surface area contributed by atoms with Crippen LogP contribution in [0.25, 0.3) is 5.65 Å². The number of benzene rings is 1. The Balaban J connectivity index is 1.82. The molecule has 1 saturated carbocycles. The van der Waals surface area contributed by atoms with Crippen LogP contribution in [0.3, 0.4) is 0 Å². The van der Waals surface area contributed by atoms with Gasteiger partial charge in [-0.25, -0.2) is 4.98 Å². The topological polar surface area (TPSA) is 95.1 Å². The quantitative estimate of drug-likeness (QED) is 0.688. The van der Waals surface area contributed by atoms with Gasteiger partial charge < -0.3 is 10.6 Å². The van der Waals surface area contributed by atoms with Crippen LogP contribution >= 0.6 is 0 Å². The van der Waals surface area contributed by atoms with Crippen molar-refractivity contribution >= 4 is 29.3 Å². The van der Waals surface area contributed by atoms with Gasteiger partial charge in [0.1, 0.15) is 11.6 Å². The van der Waals surface area contributed by atoms with Gasteiger partial charge in [-0.2, -0.15) is 14.9 Å². The first-order chi connectivity index (χ1) is 12.6. The lowest BCUT2D eigenvalue weighted by Crippen LogP contribution is -2.12. The molecule has 4 rings (SSSR count). The van der Waals surface area contributed by atoms with Gasteiger partial charge in [-0.15, -0.1) is 0 Å². The first-order valence-corrected chi connectivity index (χ1v) is 8.48. The summed E-state index contributed by atoms with van der Waals surface area (Å²) in [5.41, 5.74) is 4.32. The summed E-state index contributed by atoms with van der Waals surface area (Å²) in [5.74, 6) is 1.51. The smallest absolute Gasteiger partial charge is 0.170 e. The highest BCUT2D eigenvalue weighted by molar-refractivity contribution is 5.86. The van der Waals surface area contributed by atoms with E-state index in [1.807, 2.05) is 26.0 Å². The second-order valence-electron chi connectivity index (χ2n) is 6.57. The predicted octanol–water partition coefficient (Wildman–Crippen LogP) is 3.35. The van der Waals surface area contributed by atoms with Crippen LogP contribution in [0.4, 0.5) is 17.3 Å². The van der Waals surface area contributed by atoms with Crippen LogP contribution < -0.4 is 10.6 Å². The summed E-state index contributed by atoms with van der Waals surface area (Å²) >= 11 is 0. The molecule has 7 heteroatoms. The third-order valence-electron chi connectivity index (χ3n) is 4.56. The fourth-order valence-corrected chi connectivity index (χ4v) is 2.89. The molecule has 0 spiro atoms. The number of nitrogens with one attached hydrogen (secondary N) is 2. The molecule has 2 heterocycles. The lowest BCUT2D eigenvalue weighted by atomic mass is 10.1. The fraction of sp³-hybridized carbons (Fsp3) is 0.263. The lowest BCUT2D eigenvalue weighted by Gasteiger charge is -2.16. The van der Waals surface area contributed by atoms with Gasteiger partial charge in [0.25, 0.3) is 0 Å². The number of carbonyl (C=O) groups is 1. The lowest BCUT2D eigenvalue weighted by molar-refractivity contribution is 0.112. The van der Waals surface area contributed by atoms with Crippen molar-refractivity contribution in [3.63, 3.8) is 0 Å². The third kappa shape index (κ3) is 2.75. The number of aryl methyl sites for hydroxylation is 1. The zero-order chi connectivity index (χ0) is 18.3. The van der Waals surface area contributed by atoms with E-state index < -0.39 is 0 Å². The minimum atomic E-state index is 0.438. The van der Waals surface area contributed by atoms with Crippen molar-refractivity contribution in [1.29, 1.82) is 5.26 Å². The molecule has 130 valence electrons. The van der Waals surface area contributed by atoms with Crippen molar-refractivity contribution in [3.8, 4) is 6.07 Å². The number of hydrogen-bond acceptors (Lipinski definition) is 6. The van der Waals surface area contributed by atoms with Gasteiger partial charge in [-0.1, -0.05) is 0 Å². The van der Waals surface area contributed by atoms with Crippen LogP contribution in [-0.4, -0.2) is 26.9 Å². The highest BCUT2D eigenvalue weighted by Gasteiger charge is 2.25. The van der Waals surface area contributed by atoms with Gasteiger partial charge >= 0.3 is 0 Å². The molecule has 0 aliphatic heterocycles. The van der Waals surface area contributed by atoms with Crippen molar-refractivity contribution in [2.75, 3.05) is 10.6 Å². The molecule has 1 aromatic carbocycles. The summed E-state index contributed by atoms with van der Waals surface area (Å²) in [6, 6.07) is 8.04. The van der Waals surface area contributed by atoms with Gasteiger partial charge in [0.15, 0.2) is 11.9 Å². The maximum Gasteiger partial charge on any atom is 0.170 e. The number of aldehydes is 1. The van der Waals surface area contributed by atoms with Crippen LogP contribution in [0.15, 0.2) is 24.4 Å². The Morgan fingerprint density at radius 2 is 2.15 bits per heavy atom. The van der Waals surface area contributed by atoms with E-state index in [4.69, 9.17) is 5.26 Å². The number of anilines is 3. The second kappa shape index (κ2) is 6.15. The summed E-state index contributed by atoms with van der Waals surface area (Å²) < 4.78 is 1.69. The zero-order valence-electron chi connectivity index (χ0n) is 14.6. The second-order valence-corrected chi connectivity index (χ2v) is 6.57. The number of hydrogen-bond donors (Lipinski definition) is 2. The first-order valence-electron chi connectivity index (χ1n) is 8.48. The van der Waals surface area contributed by atoms with E-state index in [0.29, 0.717) is 28.6 Å². The molecular weight excluding hydrogens is 328 g/mol. The highest BCUT2D eigenvalue weighted by Crippen LogP contribution is 2.32. The van der Waals surface area contributed by atoms with Gasteiger partial charge in [-0.3, -0.25) is 4.79 Å². The molecule has 26 heavy (non-hydrogen) atoms. The molecule has 0 atom stereocenters. The standard InChI is InChI=1S/C19H18N6O/c1-11-7-13(8-20)3-6-16(11)23-17-12(2)18(22-15-4-5-15)25-19(24-17)14(10-26)9-21-25/h3,6-7,9-10,15,22H,4-5H2,1-2H3,(H,23,24). The molecule has 1 aliphatic rings. The Kier molecular flexibility index (Phi) is 3.81. The summed E-state index contributed by atoms with van der Waals surface area (Å²) in [7, 11) is 0. The molecule has 2 N–H and O–H groups in total. The molecule has 7 nitrogen and oxygen atoms in total. The normalized spacial score (nSPS) is 13.4. The number of nitrogens with zero attached hydrogens (tertiary/aromatic N) is 4. The van der Waals surface area contributed by atoms with Crippen molar-refractivity contribution in [1.82, 2.24) is 14.6 Å². The van der Waals surface area contributed by atoms with E-state index in [2.05, 4.69) is 26.8 Å². The number of aromatic nitrogens is 3. The van der Waals surface area contributed by atoms with Gasteiger partial charge in [0.2, 0.25) is 0 Å². The van der Waals surface area contributed by atoms with Crippen molar-refractivity contribution in [2.24, 2.45) is 0 Å². The largest absolute Gasteiger partial charge is 0.367 e. The van der Waals surface area contributed by atoms with E-state index in [1.54, 1.807) is 10.6 Å². The van der Waals surface area contributed by atoms with Gasteiger partial charge in [0.05, 0.1) is 23.4 Å². The first kappa shape index (κ1) is 16.1. The molecule has 2 aromatic heterocycles. The Morgan fingerprint density at radius 3 is 2.81 bits per heavy atom. The van der Waals surface area contributed by atoms with Crippen molar-refractivity contribution in [3.05, 3.63) is 46.6 Å². The molecule has 1 aliphatic carbocycles. The number of carbonyl (C=O) groups excluding carboxylic acids is 1.